The Morgan fingerprint density at radius 3 is 1.88 bits per heavy atom. The van der Waals surface area contributed by atoms with Crippen molar-refractivity contribution in [3.05, 3.63) is 0 Å². The van der Waals surface area contributed by atoms with Crippen molar-refractivity contribution in [1.82, 2.24) is 10.3 Å². The first-order valence-electron chi connectivity index (χ1n) is 6.51. The van der Waals surface area contributed by atoms with Gasteiger partial charge in [-0.3, -0.25) is 16.2 Å². The quantitative estimate of drug-likeness (QED) is 0.573. The molecule has 0 aromatic rings. The third-order valence-corrected chi connectivity index (χ3v) is 3.91. The van der Waals surface area contributed by atoms with Crippen LogP contribution in [0.2, 0.25) is 0 Å². The van der Waals surface area contributed by atoms with Gasteiger partial charge in [-0.15, -0.1) is 0 Å². The second-order valence-corrected chi connectivity index (χ2v) is 6.67. The van der Waals surface area contributed by atoms with Crippen molar-refractivity contribution in [2.45, 2.75) is 65.5 Å². The van der Waals surface area contributed by atoms with Crippen LogP contribution in [0, 0.1) is 5.41 Å². The van der Waals surface area contributed by atoms with Crippen LogP contribution in [0.3, 0.4) is 0 Å². The minimum Gasteiger partial charge on any atom is -0.297 e. The highest BCUT2D eigenvalue weighted by molar-refractivity contribution is 4.99. The molecule has 1 rings (SSSR count). The standard InChI is InChI=1S/C13H29N3/c1-12(2,3)11(15-14)13(4,5)16-9-7-6-8-10-16/h11,15H,6-10,14H2,1-5H3. The molecule has 0 amide bonds. The zero-order valence-corrected chi connectivity index (χ0v) is 11.6. The molecule has 3 heteroatoms. The second kappa shape index (κ2) is 5.03. The zero-order valence-electron chi connectivity index (χ0n) is 11.6. The summed E-state index contributed by atoms with van der Waals surface area (Å²) in [5, 5.41) is 0. The van der Waals surface area contributed by atoms with Crippen LogP contribution in [-0.4, -0.2) is 29.6 Å². The molecule has 1 fully saturated rings. The fourth-order valence-corrected chi connectivity index (χ4v) is 3.17. The van der Waals surface area contributed by atoms with E-state index in [2.05, 4.69) is 44.9 Å². The first kappa shape index (κ1) is 13.9. The van der Waals surface area contributed by atoms with Crippen LogP contribution >= 0.6 is 0 Å². The van der Waals surface area contributed by atoms with Crippen LogP contribution in [0.15, 0.2) is 0 Å². The molecule has 3 N–H and O–H groups in total. The van der Waals surface area contributed by atoms with Gasteiger partial charge in [-0.2, -0.15) is 0 Å². The number of nitrogens with two attached hydrogens (primary N) is 1. The maximum absolute atomic E-state index is 5.78. The number of hydrogen-bond acceptors (Lipinski definition) is 3. The molecule has 0 aromatic heterocycles. The molecule has 16 heavy (non-hydrogen) atoms. The third-order valence-electron chi connectivity index (χ3n) is 3.91. The number of hydrazine groups is 1. The highest BCUT2D eigenvalue weighted by Crippen LogP contribution is 2.33. The summed E-state index contributed by atoms with van der Waals surface area (Å²) in [6.07, 6.45) is 4.03. The van der Waals surface area contributed by atoms with E-state index in [1.807, 2.05) is 0 Å². The molecule has 96 valence electrons. The molecule has 1 aliphatic rings. The summed E-state index contributed by atoms with van der Waals surface area (Å²) in [7, 11) is 0. The van der Waals surface area contributed by atoms with Crippen LogP contribution in [0.1, 0.15) is 53.9 Å². The molecule has 0 bridgehead atoms. The van der Waals surface area contributed by atoms with Crippen LogP contribution in [0.4, 0.5) is 0 Å². The van der Waals surface area contributed by atoms with Gasteiger partial charge in [0.05, 0.1) is 0 Å². The highest BCUT2D eigenvalue weighted by Gasteiger charge is 2.41. The van der Waals surface area contributed by atoms with E-state index in [4.69, 9.17) is 5.84 Å². The van der Waals surface area contributed by atoms with Crippen LogP contribution in [0.25, 0.3) is 0 Å². The molecule has 0 radical (unpaired) electrons. The Labute approximate surface area is 101 Å². The Morgan fingerprint density at radius 2 is 1.50 bits per heavy atom. The maximum atomic E-state index is 5.78. The van der Waals surface area contributed by atoms with Gasteiger partial charge in [0.25, 0.3) is 0 Å². The molecular weight excluding hydrogens is 198 g/mol. The lowest BCUT2D eigenvalue weighted by Crippen LogP contribution is -2.64. The number of rotatable bonds is 3. The van der Waals surface area contributed by atoms with Crippen molar-refractivity contribution < 1.29 is 0 Å². The third kappa shape index (κ3) is 2.96. The van der Waals surface area contributed by atoms with Crippen molar-refractivity contribution >= 4 is 0 Å². The van der Waals surface area contributed by atoms with Gasteiger partial charge in [0.15, 0.2) is 0 Å². The molecule has 1 aliphatic heterocycles. The normalized spacial score (nSPS) is 22.1. The Morgan fingerprint density at radius 1 is 1.00 bits per heavy atom. The van der Waals surface area contributed by atoms with Gasteiger partial charge in [0, 0.05) is 11.6 Å². The largest absolute Gasteiger partial charge is 0.297 e. The van der Waals surface area contributed by atoms with Gasteiger partial charge in [-0.25, -0.2) is 0 Å². The molecule has 1 atom stereocenters. The molecule has 0 aromatic carbocycles. The topological polar surface area (TPSA) is 41.3 Å². The van der Waals surface area contributed by atoms with Crippen molar-refractivity contribution in [2.75, 3.05) is 13.1 Å². The fourth-order valence-electron chi connectivity index (χ4n) is 3.17. The molecule has 0 aliphatic carbocycles. The summed E-state index contributed by atoms with van der Waals surface area (Å²) in [4.78, 5) is 2.59. The summed E-state index contributed by atoms with van der Waals surface area (Å²) in [6, 6.07) is 0.304. The van der Waals surface area contributed by atoms with Crippen molar-refractivity contribution in [2.24, 2.45) is 11.3 Å². The summed E-state index contributed by atoms with van der Waals surface area (Å²) < 4.78 is 0. The van der Waals surface area contributed by atoms with E-state index in [-0.39, 0.29) is 11.0 Å². The SMILES string of the molecule is CC(C)(C)C(NN)C(C)(C)N1CCCCC1. The fraction of sp³-hybridized carbons (Fsp3) is 1.00. The summed E-state index contributed by atoms with van der Waals surface area (Å²) in [5.74, 6) is 5.78. The van der Waals surface area contributed by atoms with Gasteiger partial charge in [-0.05, 0) is 45.2 Å². The average molecular weight is 227 g/mol. The first-order valence-corrected chi connectivity index (χ1v) is 6.51. The predicted octanol–water partition coefficient (Wildman–Crippen LogP) is 2.13. The summed E-state index contributed by atoms with van der Waals surface area (Å²) >= 11 is 0. The minimum atomic E-state index is 0.118. The lowest BCUT2D eigenvalue weighted by Gasteiger charge is -2.50. The Bertz CT molecular complexity index is 212. The number of nitrogens with one attached hydrogen (secondary N) is 1. The van der Waals surface area contributed by atoms with Crippen LogP contribution in [-0.2, 0) is 0 Å². The predicted molar refractivity (Wildman–Crippen MR) is 70.1 cm³/mol. The first-order chi connectivity index (χ1) is 7.30. The maximum Gasteiger partial charge on any atom is 0.0437 e. The van der Waals surface area contributed by atoms with Gasteiger partial charge >= 0.3 is 0 Å². The molecule has 0 spiro atoms. The molecule has 0 saturated carbocycles. The smallest absolute Gasteiger partial charge is 0.0437 e. The van der Waals surface area contributed by atoms with Crippen molar-refractivity contribution in [3.8, 4) is 0 Å². The number of likely N-dealkylation sites (tertiary alicyclic amines) is 1. The molecule has 3 nitrogen and oxygen atoms in total. The second-order valence-electron chi connectivity index (χ2n) is 6.67. The van der Waals surface area contributed by atoms with E-state index in [0.717, 1.165) is 0 Å². The van der Waals surface area contributed by atoms with Crippen molar-refractivity contribution in [1.29, 1.82) is 0 Å². The summed E-state index contributed by atoms with van der Waals surface area (Å²) in [5.41, 5.74) is 3.33. The number of piperidine rings is 1. The van der Waals surface area contributed by atoms with E-state index in [0.29, 0.717) is 6.04 Å². The minimum absolute atomic E-state index is 0.118. The van der Waals surface area contributed by atoms with Crippen molar-refractivity contribution in [3.63, 3.8) is 0 Å². The molecular formula is C13H29N3. The van der Waals surface area contributed by atoms with E-state index < -0.39 is 0 Å². The molecule has 1 heterocycles. The van der Waals surface area contributed by atoms with Gasteiger partial charge in [0.2, 0.25) is 0 Å². The lowest BCUT2D eigenvalue weighted by molar-refractivity contribution is 0.0218. The zero-order chi connectivity index (χ0) is 12.4. The lowest BCUT2D eigenvalue weighted by atomic mass is 9.75. The monoisotopic (exact) mass is 227 g/mol. The Hall–Kier alpha value is -0.120. The number of hydrogen-bond donors (Lipinski definition) is 2. The number of nitrogens with zero attached hydrogens (tertiary/aromatic N) is 1. The van der Waals surface area contributed by atoms with E-state index in [1.54, 1.807) is 0 Å². The van der Waals surface area contributed by atoms with E-state index >= 15 is 0 Å². The molecule has 1 saturated heterocycles. The average Bonchev–Trinajstić information content (AvgIpc) is 2.17. The molecule has 1 unspecified atom stereocenters. The van der Waals surface area contributed by atoms with Gasteiger partial charge in [-0.1, -0.05) is 27.2 Å². The van der Waals surface area contributed by atoms with Crippen LogP contribution < -0.4 is 11.3 Å². The van der Waals surface area contributed by atoms with Gasteiger partial charge < -0.3 is 0 Å². The van der Waals surface area contributed by atoms with E-state index in [1.165, 1.54) is 32.4 Å². The Kier molecular flexibility index (Phi) is 4.38. The highest BCUT2D eigenvalue weighted by atomic mass is 15.3. The Balaban J connectivity index is 2.80. The van der Waals surface area contributed by atoms with Crippen LogP contribution in [0.5, 0.6) is 0 Å². The summed E-state index contributed by atoms with van der Waals surface area (Å²) in [6.45, 7) is 13.8. The van der Waals surface area contributed by atoms with E-state index in [9.17, 15) is 0 Å². The van der Waals surface area contributed by atoms with Gasteiger partial charge in [0.1, 0.15) is 0 Å².